The van der Waals surface area contributed by atoms with Gasteiger partial charge in [-0.3, -0.25) is 10.1 Å². The van der Waals surface area contributed by atoms with Crippen molar-refractivity contribution in [2.24, 2.45) is 0 Å². The zero-order chi connectivity index (χ0) is 12.4. The van der Waals surface area contributed by atoms with Gasteiger partial charge in [-0.05, 0) is 31.0 Å². The second kappa shape index (κ2) is 5.19. The Labute approximate surface area is 110 Å². The maximum absolute atomic E-state index is 11.8. The van der Waals surface area contributed by atoms with Gasteiger partial charge < -0.3 is 4.90 Å². The fourth-order valence-electron chi connectivity index (χ4n) is 2.15. The second-order valence-electron chi connectivity index (χ2n) is 4.54. The molecule has 0 bridgehead atoms. The minimum atomic E-state index is -0.0334. The van der Waals surface area contributed by atoms with Gasteiger partial charge in [-0.1, -0.05) is 28.1 Å². The normalized spacial score (nSPS) is 21.9. The standard InChI is InChI=1S/C13H17BrN2O/c1-9(10-4-3-5-11(14)8-10)15-12-6-7-16(2)13(12)17/h3-5,8-9,12,15H,6-7H2,1-2H3/t9-,12?/m1/s1. The van der Waals surface area contributed by atoms with Crippen LogP contribution < -0.4 is 5.32 Å². The molecular weight excluding hydrogens is 280 g/mol. The molecule has 17 heavy (non-hydrogen) atoms. The van der Waals surface area contributed by atoms with E-state index in [0.29, 0.717) is 0 Å². The molecule has 0 spiro atoms. The van der Waals surface area contributed by atoms with Crippen LogP contribution in [0.3, 0.4) is 0 Å². The van der Waals surface area contributed by atoms with Gasteiger partial charge in [-0.15, -0.1) is 0 Å². The lowest BCUT2D eigenvalue weighted by atomic mass is 10.1. The van der Waals surface area contributed by atoms with E-state index in [1.165, 1.54) is 5.56 Å². The second-order valence-corrected chi connectivity index (χ2v) is 5.46. The monoisotopic (exact) mass is 296 g/mol. The predicted octanol–water partition coefficient (Wildman–Crippen LogP) is 2.33. The van der Waals surface area contributed by atoms with Gasteiger partial charge in [0.2, 0.25) is 5.91 Å². The van der Waals surface area contributed by atoms with Crippen molar-refractivity contribution < 1.29 is 4.79 Å². The van der Waals surface area contributed by atoms with Crippen LogP contribution in [-0.4, -0.2) is 30.4 Å². The van der Waals surface area contributed by atoms with Crippen LogP contribution in [0.2, 0.25) is 0 Å². The molecule has 1 saturated heterocycles. The molecule has 3 nitrogen and oxygen atoms in total. The number of rotatable bonds is 3. The van der Waals surface area contributed by atoms with Gasteiger partial charge in [0.25, 0.3) is 0 Å². The van der Waals surface area contributed by atoms with Crippen LogP contribution in [0.4, 0.5) is 0 Å². The summed E-state index contributed by atoms with van der Waals surface area (Å²) in [6.45, 7) is 2.94. The van der Waals surface area contributed by atoms with E-state index >= 15 is 0 Å². The number of nitrogens with zero attached hydrogens (tertiary/aromatic N) is 1. The van der Waals surface area contributed by atoms with Gasteiger partial charge in [0.1, 0.15) is 0 Å². The first kappa shape index (κ1) is 12.6. The number of likely N-dealkylation sites (N-methyl/N-ethyl adjacent to an activating group) is 1. The van der Waals surface area contributed by atoms with Crippen LogP contribution in [0.5, 0.6) is 0 Å². The smallest absolute Gasteiger partial charge is 0.239 e. The van der Waals surface area contributed by atoms with E-state index in [9.17, 15) is 4.79 Å². The van der Waals surface area contributed by atoms with Crippen LogP contribution in [0.15, 0.2) is 28.7 Å². The highest BCUT2D eigenvalue weighted by Gasteiger charge is 2.29. The Bertz CT molecular complexity index is 422. The Morgan fingerprint density at radius 1 is 1.53 bits per heavy atom. The molecule has 0 aromatic heterocycles. The first-order valence-electron chi connectivity index (χ1n) is 5.84. The van der Waals surface area contributed by atoms with Crippen LogP contribution in [0.25, 0.3) is 0 Å². The molecule has 1 unspecified atom stereocenters. The molecule has 0 radical (unpaired) electrons. The quantitative estimate of drug-likeness (QED) is 0.928. The fraction of sp³-hybridized carbons (Fsp3) is 0.462. The zero-order valence-corrected chi connectivity index (χ0v) is 11.7. The first-order chi connectivity index (χ1) is 8.08. The molecule has 2 atom stereocenters. The number of amides is 1. The summed E-state index contributed by atoms with van der Waals surface area (Å²) in [5.41, 5.74) is 1.20. The highest BCUT2D eigenvalue weighted by molar-refractivity contribution is 9.10. The summed E-state index contributed by atoms with van der Waals surface area (Å²) in [6.07, 6.45) is 0.897. The van der Waals surface area contributed by atoms with Gasteiger partial charge >= 0.3 is 0 Å². The molecule has 1 fully saturated rings. The summed E-state index contributed by atoms with van der Waals surface area (Å²) < 4.78 is 1.07. The number of likely N-dealkylation sites (tertiary alicyclic amines) is 1. The van der Waals surface area contributed by atoms with Crippen molar-refractivity contribution in [1.82, 2.24) is 10.2 Å². The predicted molar refractivity (Wildman–Crippen MR) is 71.7 cm³/mol. The topological polar surface area (TPSA) is 32.3 Å². The third-order valence-electron chi connectivity index (χ3n) is 3.23. The molecule has 1 aliphatic heterocycles. The lowest BCUT2D eigenvalue weighted by molar-refractivity contribution is -0.128. The number of hydrogen-bond acceptors (Lipinski definition) is 2. The first-order valence-corrected chi connectivity index (χ1v) is 6.63. The Morgan fingerprint density at radius 3 is 2.88 bits per heavy atom. The average molecular weight is 297 g/mol. The Hall–Kier alpha value is -0.870. The molecule has 1 aromatic carbocycles. The number of carbonyl (C=O) groups is 1. The third kappa shape index (κ3) is 2.87. The van der Waals surface area contributed by atoms with Crippen molar-refractivity contribution >= 4 is 21.8 Å². The lowest BCUT2D eigenvalue weighted by Crippen LogP contribution is -2.38. The van der Waals surface area contributed by atoms with Gasteiger partial charge in [0.05, 0.1) is 6.04 Å². The molecule has 1 N–H and O–H groups in total. The summed E-state index contributed by atoms with van der Waals surface area (Å²) in [5.74, 6) is 0.201. The van der Waals surface area contributed by atoms with E-state index in [4.69, 9.17) is 0 Å². The van der Waals surface area contributed by atoms with E-state index in [1.54, 1.807) is 4.90 Å². The Balaban J connectivity index is 2.02. The summed E-state index contributed by atoms with van der Waals surface area (Å²) in [5, 5.41) is 3.39. The van der Waals surface area contributed by atoms with E-state index in [0.717, 1.165) is 17.4 Å². The molecule has 1 aliphatic rings. The summed E-state index contributed by atoms with van der Waals surface area (Å²) >= 11 is 3.46. The number of halogens is 1. The number of benzene rings is 1. The van der Waals surface area contributed by atoms with Crippen molar-refractivity contribution in [3.8, 4) is 0 Å². The minimum Gasteiger partial charge on any atom is -0.344 e. The van der Waals surface area contributed by atoms with Crippen molar-refractivity contribution in [2.45, 2.75) is 25.4 Å². The number of nitrogens with one attached hydrogen (secondary N) is 1. The SMILES string of the molecule is C[C@@H](NC1CCN(C)C1=O)c1cccc(Br)c1. The third-order valence-corrected chi connectivity index (χ3v) is 3.72. The van der Waals surface area contributed by atoms with Crippen molar-refractivity contribution in [3.05, 3.63) is 34.3 Å². The molecule has 0 saturated carbocycles. The summed E-state index contributed by atoms with van der Waals surface area (Å²) in [7, 11) is 1.85. The molecule has 92 valence electrons. The largest absolute Gasteiger partial charge is 0.344 e. The molecular formula is C13H17BrN2O. The summed E-state index contributed by atoms with van der Waals surface area (Å²) in [6, 6.07) is 8.33. The molecule has 0 aliphatic carbocycles. The minimum absolute atomic E-state index is 0.0334. The van der Waals surface area contributed by atoms with E-state index in [2.05, 4.69) is 40.3 Å². The van der Waals surface area contributed by atoms with Crippen molar-refractivity contribution in [3.63, 3.8) is 0 Å². The lowest BCUT2D eigenvalue weighted by Gasteiger charge is -2.19. The average Bonchev–Trinajstić information content (AvgIpc) is 2.61. The zero-order valence-electron chi connectivity index (χ0n) is 10.1. The maximum atomic E-state index is 11.8. The van der Waals surface area contributed by atoms with Gasteiger partial charge in [0, 0.05) is 24.1 Å². The van der Waals surface area contributed by atoms with Gasteiger partial charge in [-0.25, -0.2) is 0 Å². The van der Waals surface area contributed by atoms with Crippen molar-refractivity contribution in [2.75, 3.05) is 13.6 Å². The highest BCUT2D eigenvalue weighted by Crippen LogP contribution is 2.20. The van der Waals surface area contributed by atoms with E-state index in [1.807, 2.05) is 19.2 Å². The number of hydrogen-bond donors (Lipinski definition) is 1. The summed E-state index contributed by atoms with van der Waals surface area (Å²) in [4.78, 5) is 13.6. The Morgan fingerprint density at radius 2 is 2.29 bits per heavy atom. The molecule has 1 heterocycles. The van der Waals surface area contributed by atoms with Gasteiger partial charge in [0.15, 0.2) is 0 Å². The molecule has 4 heteroatoms. The maximum Gasteiger partial charge on any atom is 0.239 e. The molecule has 1 aromatic rings. The van der Waals surface area contributed by atoms with Crippen LogP contribution >= 0.6 is 15.9 Å². The highest BCUT2D eigenvalue weighted by atomic mass is 79.9. The molecule has 1 amide bonds. The van der Waals surface area contributed by atoms with Crippen LogP contribution in [-0.2, 0) is 4.79 Å². The van der Waals surface area contributed by atoms with Crippen LogP contribution in [0, 0.1) is 0 Å². The van der Waals surface area contributed by atoms with E-state index < -0.39 is 0 Å². The number of carbonyl (C=O) groups excluding carboxylic acids is 1. The Kier molecular flexibility index (Phi) is 3.84. The fourth-order valence-corrected chi connectivity index (χ4v) is 2.57. The van der Waals surface area contributed by atoms with Gasteiger partial charge in [-0.2, -0.15) is 0 Å². The molecule has 2 rings (SSSR count). The van der Waals surface area contributed by atoms with Crippen molar-refractivity contribution in [1.29, 1.82) is 0 Å². The van der Waals surface area contributed by atoms with E-state index in [-0.39, 0.29) is 18.0 Å². The van der Waals surface area contributed by atoms with Crippen LogP contribution in [0.1, 0.15) is 24.9 Å².